The van der Waals surface area contributed by atoms with Crippen LogP contribution in [0.3, 0.4) is 0 Å². The molecule has 17 heteroatoms. The van der Waals surface area contributed by atoms with Gasteiger partial charge in [0, 0.05) is 24.3 Å². The summed E-state index contributed by atoms with van der Waals surface area (Å²) in [5.74, 6) is -3.00. The molecule has 12 nitrogen and oxygen atoms in total. The highest BCUT2D eigenvalue weighted by atomic mass is 32.2. The van der Waals surface area contributed by atoms with Gasteiger partial charge in [-0.3, -0.25) is 0 Å². The van der Waals surface area contributed by atoms with Crippen LogP contribution in [-0.2, 0) is 16.6 Å². The van der Waals surface area contributed by atoms with E-state index in [4.69, 9.17) is 0 Å². The zero-order chi connectivity index (χ0) is 27.5. The number of halogens is 4. The third-order valence-electron chi connectivity index (χ3n) is 6.71. The largest absolute Gasteiger partial charge is 0.365 e. The van der Waals surface area contributed by atoms with Crippen molar-refractivity contribution in [1.29, 1.82) is 0 Å². The van der Waals surface area contributed by atoms with Crippen molar-refractivity contribution in [2.45, 2.75) is 50.2 Å². The number of hydrogen-bond donors (Lipinski definition) is 2. The van der Waals surface area contributed by atoms with E-state index in [2.05, 4.69) is 36.0 Å². The van der Waals surface area contributed by atoms with Gasteiger partial charge in [-0.05, 0) is 37.5 Å². The molecule has 5 heterocycles. The topological polar surface area (TPSA) is 135 Å². The number of nitrogens with zero attached hydrogens (tertiary/aromatic N) is 8. The molecule has 1 saturated carbocycles. The Bertz CT molecular complexity index is 1650. The second-order valence-electron chi connectivity index (χ2n) is 9.77. The molecule has 0 radical (unpaired) electrons. The van der Waals surface area contributed by atoms with Crippen LogP contribution in [0.1, 0.15) is 19.3 Å². The van der Waals surface area contributed by atoms with Crippen LogP contribution in [0.4, 0.5) is 29.3 Å². The maximum absolute atomic E-state index is 14.9. The summed E-state index contributed by atoms with van der Waals surface area (Å²) in [7, 11) is -3.75. The quantitative estimate of drug-likeness (QED) is 0.307. The lowest BCUT2D eigenvalue weighted by Crippen LogP contribution is -2.55. The second-order valence-corrected chi connectivity index (χ2v) is 11.8. The van der Waals surface area contributed by atoms with Crippen molar-refractivity contribution in [3.8, 4) is 11.3 Å². The first-order valence-corrected chi connectivity index (χ1v) is 14.1. The molecule has 1 atom stereocenters. The van der Waals surface area contributed by atoms with Gasteiger partial charge in [0.15, 0.2) is 11.5 Å². The fourth-order valence-electron chi connectivity index (χ4n) is 4.60. The van der Waals surface area contributed by atoms with Gasteiger partial charge in [-0.1, -0.05) is 5.21 Å². The van der Waals surface area contributed by atoms with Crippen LogP contribution in [0.15, 0.2) is 24.4 Å². The molecule has 2 aliphatic rings. The Balaban J connectivity index is 1.35. The van der Waals surface area contributed by atoms with Crippen molar-refractivity contribution in [1.82, 2.24) is 38.9 Å². The highest BCUT2D eigenvalue weighted by molar-refractivity contribution is 7.88. The summed E-state index contributed by atoms with van der Waals surface area (Å²) >= 11 is 0. The highest BCUT2D eigenvalue weighted by Gasteiger charge is 2.47. The summed E-state index contributed by atoms with van der Waals surface area (Å²) in [4.78, 5) is 9.02. The molecule has 1 aliphatic heterocycles. The molecular formula is C22H24F4N10O2S. The fourth-order valence-corrected chi connectivity index (χ4v) is 5.44. The van der Waals surface area contributed by atoms with Gasteiger partial charge in [0.1, 0.15) is 17.6 Å². The van der Waals surface area contributed by atoms with Crippen molar-refractivity contribution >= 4 is 38.5 Å². The number of rotatable bonds is 8. The first-order valence-electron chi connectivity index (χ1n) is 12.2. The number of pyridine rings is 1. The number of piperidine rings is 1. The van der Waals surface area contributed by atoms with E-state index in [1.165, 1.54) is 4.52 Å². The monoisotopic (exact) mass is 568 g/mol. The summed E-state index contributed by atoms with van der Waals surface area (Å²) in [6.45, 7) is -1.64. The second kappa shape index (κ2) is 9.25. The van der Waals surface area contributed by atoms with Crippen LogP contribution in [0, 0.1) is 0 Å². The summed E-state index contributed by atoms with van der Waals surface area (Å²) in [6, 6.07) is 3.82. The lowest BCUT2D eigenvalue weighted by Gasteiger charge is -2.37. The van der Waals surface area contributed by atoms with Gasteiger partial charge >= 0.3 is 0 Å². The van der Waals surface area contributed by atoms with Gasteiger partial charge in [-0.2, -0.15) is 9.29 Å². The Labute approximate surface area is 219 Å². The first-order chi connectivity index (χ1) is 18.5. The predicted octanol–water partition coefficient (Wildman–Crippen LogP) is 2.46. The van der Waals surface area contributed by atoms with E-state index in [9.17, 15) is 26.0 Å². The van der Waals surface area contributed by atoms with Crippen molar-refractivity contribution < 1.29 is 26.0 Å². The minimum absolute atomic E-state index is 0.0482. The maximum Gasteiger partial charge on any atom is 0.281 e. The Morgan fingerprint density at radius 1 is 1.13 bits per heavy atom. The Hall–Kier alpha value is -3.60. The predicted molar refractivity (Wildman–Crippen MR) is 133 cm³/mol. The van der Waals surface area contributed by atoms with Gasteiger partial charge in [0.05, 0.1) is 24.5 Å². The van der Waals surface area contributed by atoms with Crippen molar-refractivity contribution in [3.05, 3.63) is 24.4 Å². The third-order valence-corrected chi connectivity index (χ3v) is 7.96. The van der Waals surface area contributed by atoms with Crippen molar-refractivity contribution in [3.63, 3.8) is 0 Å². The molecule has 0 unspecified atom stereocenters. The summed E-state index contributed by atoms with van der Waals surface area (Å²) in [6.07, 6.45) is 1.60. The van der Waals surface area contributed by atoms with E-state index < -0.39 is 41.5 Å². The minimum atomic E-state index is -3.75. The highest BCUT2D eigenvalue weighted by Crippen LogP contribution is 2.35. The lowest BCUT2D eigenvalue weighted by molar-refractivity contribution is -0.0541. The van der Waals surface area contributed by atoms with Gasteiger partial charge < -0.3 is 10.6 Å². The van der Waals surface area contributed by atoms with Crippen LogP contribution in [0.2, 0.25) is 0 Å². The molecule has 2 N–H and O–H groups in total. The van der Waals surface area contributed by atoms with Crippen LogP contribution < -0.4 is 10.6 Å². The summed E-state index contributed by atoms with van der Waals surface area (Å²) < 4.78 is 82.6. The number of aromatic nitrogens is 7. The standard InChI is InChI=1S/C22H24F4N10O2S/c1-39(37,38)34-8-7-16(22(25,26)11-34)29-21-30-19(27-12-2-3-12)18-13(6-9-35(18)32-21)14-4-5-15-20(28-14)36(33-31-15)10-17(23)24/h4-6,9,12,16-17H,2-3,7-8,10-11H2,1H3,(H2,27,29,30,32)/t16-/m1/s1. The summed E-state index contributed by atoms with van der Waals surface area (Å²) in [5.41, 5.74) is 2.15. The minimum Gasteiger partial charge on any atom is -0.365 e. The number of hydrogen-bond acceptors (Lipinski definition) is 9. The number of alkyl halides is 4. The van der Waals surface area contributed by atoms with E-state index >= 15 is 0 Å². The molecular weight excluding hydrogens is 544 g/mol. The molecule has 4 aromatic heterocycles. The molecule has 6 rings (SSSR count). The van der Waals surface area contributed by atoms with Crippen LogP contribution >= 0.6 is 0 Å². The van der Waals surface area contributed by atoms with Crippen molar-refractivity contribution in [2.75, 3.05) is 30.0 Å². The average molecular weight is 569 g/mol. The molecule has 0 amide bonds. The van der Waals surface area contributed by atoms with E-state index in [1.807, 2.05) is 0 Å². The Kier molecular flexibility index (Phi) is 6.09. The van der Waals surface area contributed by atoms with Crippen molar-refractivity contribution in [2.24, 2.45) is 0 Å². The van der Waals surface area contributed by atoms with E-state index in [0.29, 0.717) is 28.1 Å². The first kappa shape index (κ1) is 25.7. The van der Waals surface area contributed by atoms with E-state index in [0.717, 1.165) is 28.1 Å². The Morgan fingerprint density at radius 3 is 2.62 bits per heavy atom. The number of sulfonamides is 1. The number of nitrogens with one attached hydrogen (secondary N) is 2. The molecule has 0 spiro atoms. The van der Waals surface area contributed by atoms with Gasteiger partial charge in [-0.15, -0.1) is 10.2 Å². The number of fused-ring (bicyclic) bond motifs is 2. The van der Waals surface area contributed by atoms with Crippen LogP contribution in [-0.4, -0.2) is 91.1 Å². The average Bonchev–Trinajstić information content (AvgIpc) is 3.43. The smallest absolute Gasteiger partial charge is 0.281 e. The molecule has 2 fully saturated rings. The van der Waals surface area contributed by atoms with E-state index in [1.54, 1.807) is 24.4 Å². The normalized spacial score (nSPS) is 20.2. The van der Waals surface area contributed by atoms with Gasteiger partial charge in [-0.25, -0.2) is 40.2 Å². The SMILES string of the molecule is CS(=O)(=O)N1CC[C@@H](Nc2nc(NC3CC3)c3c(-c4ccc5nnn(CC(F)F)c5n4)ccn3n2)C(F)(F)C1. The fraction of sp³-hybridized carbons (Fsp3) is 0.500. The molecule has 1 saturated heterocycles. The molecule has 208 valence electrons. The van der Waals surface area contributed by atoms with Gasteiger partial charge in [0.25, 0.3) is 12.3 Å². The number of anilines is 2. The zero-order valence-electron chi connectivity index (χ0n) is 20.6. The van der Waals surface area contributed by atoms with E-state index in [-0.39, 0.29) is 30.6 Å². The zero-order valence-corrected chi connectivity index (χ0v) is 21.4. The summed E-state index contributed by atoms with van der Waals surface area (Å²) in [5, 5.41) is 18.0. The maximum atomic E-state index is 14.9. The van der Waals surface area contributed by atoms with Crippen LogP contribution in [0.25, 0.3) is 27.9 Å². The van der Waals surface area contributed by atoms with Crippen LogP contribution in [0.5, 0.6) is 0 Å². The Morgan fingerprint density at radius 2 is 1.92 bits per heavy atom. The molecule has 0 aromatic carbocycles. The lowest BCUT2D eigenvalue weighted by atomic mass is 10.0. The molecule has 39 heavy (non-hydrogen) atoms. The third kappa shape index (κ3) is 5.07. The molecule has 4 aromatic rings. The molecule has 1 aliphatic carbocycles. The molecule has 0 bridgehead atoms. The van der Waals surface area contributed by atoms with Gasteiger partial charge in [0.2, 0.25) is 16.0 Å².